The van der Waals surface area contributed by atoms with Crippen LogP contribution in [0.15, 0.2) is 23.0 Å². The molecular formula is C24H30N4O2S. The van der Waals surface area contributed by atoms with E-state index in [1.807, 2.05) is 45.0 Å². The summed E-state index contributed by atoms with van der Waals surface area (Å²) in [6.45, 7) is 6.72. The summed E-state index contributed by atoms with van der Waals surface area (Å²) >= 11 is 1.65. The van der Waals surface area contributed by atoms with Gasteiger partial charge in [0.05, 0.1) is 11.9 Å². The number of carbonyl (C=O) groups excluding carboxylic acids is 1. The van der Waals surface area contributed by atoms with Gasteiger partial charge in [-0.05, 0) is 81.9 Å². The van der Waals surface area contributed by atoms with Crippen LogP contribution in [-0.4, -0.2) is 34.5 Å². The Balaban J connectivity index is 1.73. The van der Waals surface area contributed by atoms with Crippen molar-refractivity contribution in [3.63, 3.8) is 0 Å². The van der Waals surface area contributed by atoms with E-state index in [1.165, 1.54) is 4.88 Å². The fourth-order valence-corrected chi connectivity index (χ4v) is 5.82. The molecule has 1 unspecified atom stereocenters. The molecule has 1 atom stereocenters. The van der Waals surface area contributed by atoms with E-state index in [-0.39, 0.29) is 18.0 Å². The van der Waals surface area contributed by atoms with E-state index in [9.17, 15) is 9.59 Å². The molecule has 2 heterocycles. The van der Waals surface area contributed by atoms with Crippen molar-refractivity contribution >= 4 is 33.1 Å². The predicted octanol–water partition coefficient (Wildman–Crippen LogP) is 3.90. The largest absolute Gasteiger partial charge is 0.325 e. The van der Waals surface area contributed by atoms with E-state index in [1.54, 1.807) is 15.9 Å². The number of aryl methyl sites for hydroxylation is 3. The number of nitrogens with one attached hydrogen (secondary N) is 1. The summed E-state index contributed by atoms with van der Waals surface area (Å²) in [6.07, 6.45) is 3.01. The van der Waals surface area contributed by atoms with E-state index in [0.717, 1.165) is 46.5 Å². The van der Waals surface area contributed by atoms with Crippen LogP contribution in [0.4, 0.5) is 5.69 Å². The number of hydrogen-bond donors (Lipinski definition) is 1. The fraction of sp³-hybridized carbons (Fsp3) is 0.458. The lowest BCUT2D eigenvalue weighted by Gasteiger charge is -2.18. The van der Waals surface area contributed by atoms with Crippen molar-refractivity contribution in [2.75, 3.05) is 19.4 Å². The van der Waals surface area contributed by atoms with Gasteiger partial charge in [0.1, 0.15) is 17.2 Å². The molecule has 7 heteroatoms. The molecule has 0 aliphatic heterocycles. The van der Waals surface area contributed by atoms with Crippen molar-refractivity contribution in [1.29, 1.82) is 0 Å². The average Bonchev–Trinajstić information content (AvgIpc) is 3.00. The first-order valence-electron chi connectivity index (χ1n) is 10.8. The number of rotatable bonds is 5. The van der Waals surface area contributed by atoms with Crippen molar-refractivity contribution in [1.82, 2.24) is 14.5 Å². The van der Waals surface area contributed by atoms with Crippen molar-refractivity contribution in [3.8, 4) is 0 Å². The Morgan fingerprint density at radius 1 is 1.26 bits per heavy atom. The van der Waals surface area contributed by atoms with Gasteiger partial charge in [0.2, 0.25) is 5.91 Å². The molecule has 1 aliphatic carbocycles. The first-order chi connectivity index (χ1) is 14.7. The molecule has 6 nitrogen and oxygen atoms in total. The summed E-state index contributed by atoms with van der Waals surface area (Å²) in [5.41, 5.74) is 3.98. The van der Waals surface area contributed by atoms with Gasteiger partial charge in [0, 0.05) is 10.6 Å². The van der Waals surface area contributed by atoms with Gasteiger partial charge < -0.3 is 10.2 Å². The standard InChI is InChI=1S/C24H30N4O2S/c1-14-6-7-18-19(11-14)31-23-22(18)24(30)28(20(26-23)12-27(4)5)13-21(29)25-17-9-15(2)8-16(3)10-17/h8-10,14H,6-7,11-13H2,1-5H3,(H,25,29). The molecule has 1 N–H and O–H groups in total. The normalized spacial score (nSPS) is 16.0. The third-order valence-electron chi connectivity index (χ3n) is 5.76. The Morgan fingerprint density at radius 3 is 2.65 bits per heavy atom. The zero-order valence-corrected chi connectivity index (χ0v) is 19.7. The van der Waals surface area contributed by atoms with Gasteiger partial charge in [-0.25, -0.2) is 4.98 Å². The quantitative estimate of drug-likeness (QED) is 0.656. The summed E-state index contributed by atoms with van der Waals surface area (Å²) in [7, 11) is 3.88. The molecule has 0 fully saturated rings. The summed E-state index contributed by atoms with van der Waals surface area (Å²) in [4.78, 5) is 35.4. The van der Waals surface area contributed by atoms with Crippen LogP contribution in [0.25, 0.3) is 10.2 Å². The van der Waals surface area contributed by atoms with Gasteiger partial charge in [-0.15, -0.1) is 11.3 Å². The van der Waals surface area contributed by atoms with Crippen LogP contribution in [0, 0.1) is 19.8 Å². The highest BCUT2D eigenvalue weighted by Crippen LogP contribution is 2.35. The van der Waals surface area contributed by atoms with Crippen molar-refractivity contribution in [3.05, 3.63) is 55.9 Å². The van der Waals surface area contributed by atoms with Crippen LogP contribution in [0.1, 0.15) is 40.7 Å². The molecule has 0 saturated carbocycles. The minimum Gasteiger partial charge on any atom is -0.325 e. The summed E-state index contributed by atoms with van der Waals surface area (Å²) in [5.74, 6) is 1.04. The second-order valence-electron chi connectivity index (χ2n) is 9.11. The molecule has 0 radical (unpaired) electrons. The van der Waals surface area contributed by atoms with Gasteiger partial charge in [-0.1, -0.05) is 13.0 Å². The number of hydrogen-bond acceptors (Lipinski definition) is 5. The highest BCUT2D eigenvalue weighted by atomic mass is 32.1. The zero-order valence-electron chi connectivity index (χ0n) is 18.9. The van der Waals surface area contributed by atoms with Gasteiger partial charge in [0.15, 0.2) is 0 Å². The van der Waals surface area contributed by atoms with E-state index in [4.69, 9.17) is 4.98 Å². The van der Waals surface area contributed by atoms with Gasteiger partial charge in [-0.2, -0.15) is 0 Å². The Labute approximate surface area is 186 Å². The first-order valence-corrected chi connectivity index (χ1v) is 11.6. The number of thiophene rings is 1. The second kappa shape index (κ2) is 8.55. The Kier molecular flexibility index (Phi) is 5.99. The van der Waals surface area contributed by atoms with Crippen LogP contribution in [-0.2, 0) is 30.7 Å². The topological polar surface area (TPSA) is 67.2 Å². The molecule has 1 amide bonds. The van der Waals surface area contributed by atoms with Crippen LogP contribution in [0.5, 0.6) is 0 Å². The third-order valence-corrected chi connectivity index (χ3v) is 6.91. The maximum absolute atomic E-state index is 13.6. The van der Waals surface area contributed by atoms with E-state index < -0.39 is 0 Å². The van der Waals surface area contributed by atoms with Crippen LogP contribution in [0.3, 0.4) is 0 Å². The first kappa shape index (κ1) is 21.7. The average molecular weight is 439 g/mol. The van der Waals surface area contributed by atoms with E-state index in [2.05, 4.69) is 18.3 Å². The number of anilines is 1. The van der Waals surface area contributed by atoms with Crippen molar-refractivity contribution < 1.29 is 4.79 Å². The van der Waals surface area contributed by atoms with Gasteiger partial charge in [-0.3, -0.25) is 14.2 Å². The second-order valence-corrected chi connectivity index (χ2v) is 10.2. The Hall–Kier alpha value is -2.51. The number of nitrogens with zero attached hydrogens (tertiary/aromatic N) is 3. The molecule has 164 valence electrons. The van der Waals surface area contributed by atoms with Crippen LogP contribution >= 0.6 is 11.3 Å². The molecule has 0 spiro atoms. The molecule has 1 aliphatic rings. The number of carbonyl (C=O) groups is 1. The molecule has 3 aromatic rings. The monoisotopic (exact) mass is 438 g/mol. The van der Waals surface area contributed by atoms with Gasteiger partial charge in [0.25, 0.3) is 5.56 Å². The number of fused-ring (bicyclic) bond motifs is 3. The molecule has 2 aromatic heterocycles. The molecule has 0 bridgehead atoms. The smallest absolute Gasteiger partial charge is 0.263 e. The Morgan fingerprint density at radius 2 is 1.97 bits per heavy atom. The summed E-state index contributed by atoms with van der Waals surface area (Å²) in [5, 5.41) is 3.67. The Bertz CT molecular complexity index is 1190. The molecule has 0 saturated heterocycles. The molecule has 1 aromatic carbocycles. The molecule has 4 rings (SSSR count). The van der Waals surface area contributed by atoms with Crippen LogP contribution < -0.4 is 10.9 Å². The number of amides is 1. The molecular weight excluding hydrogens is 408 g/mol. The fourth-order valence-electron chi connectivity index (χ4n) is 4.42. The number of benzene rings is 1. The third kappa shape index (κ3) is 4.57. The maximum atomic E-state index is 13.6. The highest BCUT2D eigenvalue weighted by Gasteiger charge is 2.25. The van der Waals surface area contributed by atoms with E-state index >= 15 is 0 Å². The minimum atomic E-state index is -0.217. The maximum Gasteiger partial charge on any atom is 0.263 e. The number of aromatic nitrogens is 2. The zero-order chi connectivity index (χ0) is 22.3. The lowest BCUT2D eigenvalue weighted by Crippen LogP contribution is -2.33. The highest BCUT2D eigenvalue weighted by molar-refractivity contribution is 7.18. The summed E-state index contributed by atoms with van der Waals surface area (Å²) in [6, 6.07) is 5.94. The SMILES string of the molecule is Cc1cc(C)cc(NC(=O)Cn2c(CN(C)C)nc3sc4c(c3c2=O)CCC(C)C4)c1. The summed E-state index contributed by atoms with van der Waals surface area (Å²) < 4.78 is 1.56. The van der Waals surface area contributed by atoms with Crippen molar-refractivity contribution in [2.45, 2.75) is 53.1 Å². The predicted molar refractivity (Wildman–Crippen MR) is 127 cm³/mol. The lowest BCUT2D eigenvalue weighted by molar-refractivity contribution is -0.116. The van der Waals surface area contributed by atoms with Crippen LogP contribution in [0.2, 0.25) is 0 Å². The molecule has 31 heavy (non-hydrogen) atoms. The van der Waals surface area contributed by atoms with Gasteiger partial charge >= 0.3 is 0 Å². The lowest BCUT2D eigenvalue weighted by atomic mass is 9.89. The van der Waals surface area contributed by atoms with E-state index in [0.29, 0.717) is 23.7 Å². The minimum absolute atomic E-state index is 0.0427. The van der Waals surface area contributed by atoms with Crippen molar-refractivity contribution in [2.24, 2.45) is 5.92 Å².